The SMILES string of the molecule is Cn1cnnc1[C@H]1C[C@H](CNCc2ccccc2OCC2CC2)[C@H](O)C1. The van der Waals surface area contributed by atoms with Gasteiger partial charge in [0.05, 0.1) is 12.7 Å². The maximum absolute atomic E-state index is 10.4. The van der Waals surface area contributed by atoms with Crippen molar-refractivity contribution in [2.75, 3.05) is 13.2 Å². The molecule has 3 atom stereocenters. The summed E-state index contributed by atoms with van der Waals surface area (Å²) in [7, 11) is 1.96. The van der Waals surface area contributed by atoms with E-state index in [2.05, 4.69) is 27.6 Å². The van der Waals surface area contributed by atoms with Crippen LogP contribution >= 0.6 is 0 Å². The normalized spacial score (nSPS) is 25.5. The number of nitrogens with one attached hydrogen (secondary N) is 1. The molecule has 2 saturated carbocycles. The zero-order valence-electron chi connectivity index (χ0n) is 15.3. The zero-order chi connectivity index (χ0) is 17.9. The van der Waals surface area contributed by atoms with Gasteiger partial charge in [-0.15, -0.1) is 10.2 Å². The predicted octanol–water partition coefficient (Wildman–Crippen LogP) is 2.25. The Kier molecular flexibility index (Phi) is 5.22. The molecule has 2 aromatic rings. The van der Waals surface area contributed by atoms with Gasteiger partial charge in [0.15, 0.2) is 0 Å². The van der Waals surface area contributed by atoms with Gasteiger partial charge < -0.3 is 19.7 Å². The highest BCUT2D eigenvalue weighted by molar-refractivity contribution is 5.33. The van der Waals surface area contributed by atoms with Crippen LogP contribution < -0.4 is 10.1 Å². The molecule has 0 unspecified atom stereocenters. The standard InChI is InChI=1S/C20H28N4O2/c1-24-13-22-23-20(24)16-8-17(18(25)9-16)11-21-10-15-4-2-3-5-19(15)26-12-14-6-7-14/h2-5,13-14,16-18,21,25H,6-12H2,1H3/t16-,17+,18+/m0/s1. The van der Waals surface area contributed by atoms with E-state index in [-0.39, 0.29) is 12.0 Å². The van der Waals surface area contributed by atoms with Gasteiger partial charge in [-0.1, -0.05) is 18.2 Å². The van der Waals surface area contributed by atoms with Gasteiger partial charge in [0.1, 0.15) is 17.9 Å². The van der Waals surface area contributed by atoms with Gasteiger partial charge in [0.2, 0.25) is 0 Å². The first kappa shape index (κ1) is 17.5. The number of ether oxygens (including phenoxy) is 1. The quantitative estimate of drug-likeness (QED) is 0.759. The number of aromatic nitrogens is 3. The minimum Gasteiger partial charge on any atom is -0.493 e. The Labute approximate surface area is 154 Å². The average Bonchev–Trinajstić information content (AvgIpc) is 3.27. The minimum atomic E-state index is -0.287. The second-order valence-electron chi connectivity index (χ2n) is 7.79. The van der Waals surface area contributed by atoms with Crippen LogP contribution in [0.4, 0.5) is 0 Å². The second kappa shape index (κ2) is 7.76. The number of aryl methyl sites for hydroxylation is 1. The molecule has 4 rings (SSSR count). The van der Waals surface area contributed by atoms with Crippen LogP contribution in [0.2, 0.25) is 0 Å². The highest BCUT2D eigenvalue weighted by atomic mass is 16.5. The maximum atomic E-state index is 10.4. The van der Waals surface area contributed by atoms with Crippen LogP contribution in [0.3, 0.4) is 0 Å². The molecule has 0 amide bonds. The van der Waals surface area contributed by atoms with E-state index in [1.54, 1.807) is 6.33 Å². The van der Waals surface area contributed by atoms with E-state index in [0.29, 0.717) is 5.92 Å². The molecule has 0 aliphatic heterocycles. The third kappa shape index (κ3) is 4.07. The molecule has 1 heterocycles. The monoisotopic (exact) mass is 356 g/mol. The second-order valence-corrected chi connectivity index (χ2v) is 7.79. The van der Waals surface area contributed by atoms with E-state index in [1.807, 2.05) is 23.7 Å². The Hall–Kier alpha value is -1.92. The van der Waals surface area contributed by atoms with E-state index in [0.717, 1.165) is 50.0 Å². The van der Waals surface area contributed by atoms with Crippen LogP contribution in [-0.4, -0.2) is 39.1 Å². The highest BCUT2D eigenvalue weighted by Crippen LogP contribution is 2.37. The molecular formula is C20H28N4O2. The molecule has 1 aromatic carbocycles. The van der Waals surface area contributed by atoms with Crippen LogP contribution in [0.25, 0.3) is 0 Å². The summed E-state index contributed by atoms with van der Waals surface area (Å²) in [4.78, 5) is 0. The topological polar surface area (TPSA) is 72.2 Å². The van der Waals surface area contributed by atoms with Gasteiger partial charge >= 0.3 is 0 Å². The number of rotatable bonds is 8. The summed E-state index contributed by atoms with van der Waals surface area (Å²) in [6.45, 7) is 2.39. The third-order valence-corrected chi connectivity index (χ3v) is 5.64. The van der Waals surface area contributed by atoms with Crippen molar-refractivity contribution in [3.05, 3.63) is 42.0 Å². The molecule has 2 aliphatic rings. The smallest absolute Gasteiger partial charge is 0.135 e. The zero-order valence-corrected chi connectivity index (χ0v) is 15.3. The van der Waals surface area contributed by atoms with Crippen LogP contribution in [0.15, 0.2) is 30.6 Å². The van der Waals surface area contributed by atoms with E-state index in [1.165, 1.54) is 18.4 Å². The Balaban J connectivity index is 1.29. The summed E-state index contributed by atoms with van der Waals surface area (Å²) in [5.74, 6) is 3.25. The summed E-state index contributed by atoms with van der Waals surface area (Å²) in [5, 5.41) is 22.1. The van der Waals surface area contributed by atoms with Crippen LogP contribution in [-0.2, 0) is 13.6 Å². The van der Waals surface area contributed by atoms with E-state index >= 15 is 0 Å². The highest BCUT2D eigenvalue weighted by Gasteiger charge is 2.35. The molecule has 2 fully saturated rings. The summed E-state index contributed by atoms with van der Waals surface area (Å²) in [6.07, 6.45) is 5.75. The molecule has 2 N–H and O–H groups in total. The predicted molar refractivity (Wildman–Crippen MR) is 98.8 cm³/mol. The summed E-state index contributed by atoms with van der Waals surface area (Å²) in [5.41, 5.74) is 1.19. The Morgan fingerprint density at radius 1 is 1.27 bits per heavy atom. The third-order valence-electron chi connectivity index (χ3n) is 5.64. The number of aliphatic hydroxyl groups excluding tert-OH is 1. The number of hydrogen-bond donors (Lipinski definition) is 2. The van der Waals surface area contributed by atoms with Crippen molar-refractivity contribution in [2.24, 2.45) is 18.9 Å². The molecule has 0 radical (unpaired) electrons. The van der Waals surface area contributed by atoms with Crippen molar-refractivity contribution >= 4 is 0 Å². The summed E-state index contributed by atoms with van der Waals surface area (Å²) in [6, 6.07) is 8.24. The number of aliphatic hydroxyl groups is 1. The van der Waals surface area contributed by atoms with Crippen LogP contribution in [0.5, 0.6) is 5.75 Å². The van der Waals surface area contributed by atoms with Gasteiger partial charge in [0.25, 0.3) is 0 Å². The molecule has 0 spiro atoms. The first-order chi connectivity index (χ1) is 12.7. The van der Waals surface area contributed by atoms with Crippen molar-refractivity contribution in [1.82, 2.24) is 20.1 Å². The van der Waals surface area contributed by atoms with Crippen molar-refractivity contribution in [3.63, 3.8) is 0 Å². The fourth-order valence-corrected chi connectivity index (χ4v) is 3.87. The van der Waals surface area contributed by atoms with Crippen molar-refractivity contribution in [3.8, 4) is 5.75 Å². The van der Waals surface area contributed by atoms with E-state index in [4.69, 9.17) is 4.74 Å². The Bertz CT molecular complexity index is 728. The molecule has 6 nitrogen and oxygen atoms in total. The van der Waals surface area contributed by atoms with E-state index < -0.39 is 0 Å². The fourth-order valence-electron chi connectivity index (χ4n) is 3.87. The number of benzene rings is 1. The molecule has 140 valence electrons. The Morgan fingerprint density at radius 3 is 2.88 bits per heavy atom. The van der Waals surface area contributed by atoms with Crippen LogP contribution in [0.1, 0.15) is 43.0 Å². The lowest BCUT2D eigenvalue weighted by Crippen LogP contribution is -2.27. The number of nitrogens with zero attached hydrogens (tertiary/aromatic N) is 3. The molecule has 0 bridgehead atoms. The van der Waals surface area contributed by atoms with Crippen molar-refractivity contribution in [1.29, 1.82) is 0 Å². The largest absolute Gasteiger partial charge is 0.493 e. The minimum absolute atomic E-state index is 0.247. The molecule has 0 saturated heterocycles. The fraction of sp³-hybridized carbons (Fsp3) is 0.600. The summed E-state index contributed by atoms with van der Waals surface area (Å²) < 4.78 is 7.94. The van der Waals surface area contributed by atoms with Crippen LogP contribution in [0, 0.1) is 11.8 Å². The van der Waals surface area contributed by atoms with E-state index in [9.17, 15) is 5.11 Å². The number of hydrogen-bond acceptors (Lipinski definition) is 5. The van der Waals surface area contributed by atoms with Gasteiger partial charge in [-0.3, -0.25) is 0 Å². The first-order valence-corrected chi connectivity index (χ1v) is 9.64. The molecular weight excluding hydrogens is 328 g/mol. The van der Waals surface area contributed by atoms with Crippen molar-refractivity contribution in [2.45, 2.75) is 44.2 Å². The summed E-state index contributed by atoms with van der Waals surface area (Å²) >= 11 is 0. The molecule has 1 aromatic heterocycles. The lowest BCUT2D eigenvalue weighted by molar-refractivity contribution is 0.131. The Morgan fingerprint density at radius 2 is 2.12 bits per heavy atom. The van der Waals surface area contributed by atoms with Crippen molar-refractivity contribution < 1.29 is 9.84 Å². The van der Waals surface area contributed by atoms with Gasteiger partial charge in [-0.2, -0.15) is 0 Å². The first-order valence-electron chi connectivity index (χ1n) is 9.64. The maximum Gasteiger partial charge on any atom is 0.135 e. The number of para-hydroxylation sites is 1. The lowest BCUT2D eigenvalue weighted by atomic mass is 10.0. The van der Waals surface area contributed by atoms with Gasteiger partial charge in [-0.05, 0) is 43.6 Å². The van der Waals surface area contributed by atoms with Gasteiger partial charge in [-0.25, -0.2) is 0 Å². The average molecular weight is 356 g/mol. The molecule has 26 heavy (non-hydrogen) atoms. The lowest BCUT2D eigenvalue weighted by Gasteiger charge is -2.16. The molecule has 2 aliphatic carbocycles. The molecule has 6 heteroatoms. The van der Waals surface area contributed by atoms with Gasteiger partial charge in [0, 0.05) is 31.6 Å².